The molecule has 1 unspecified atom stereocenters. The van der Waals surface area contributed by atoms with Crippen LogP contribution in [0.25, 0.3) is 0 Å². The number of piperidine rings is 1. The van der Waals surface area contributed by atoms with Crippen molar-refractivity contribution in [1.82, 2.24) is 5.32 Å². The fraction of sp³-hybridized carbons (Fsp3) is 0.900. The van der Waals surface area contributed by atoms with Crippen molar-refractivity contribution in [2.45, 2.75) is 38.7 Å². The van der Waals surface area contributed by atoms with Crippen LogP contribution in [0.1, 0.15) is 33.1 Å². The van der Waals surface area contributed by atoms with Gasteiger partial charge in [0.05, 0.1) is 0 Å². The van der Waals surface area contributed by atoms with E-state index < -0.39 is 11.7 Å². The summed E-state index contributed by atoms with van der Waals surface area (Å²) in [5.41, 5.74) is 4.57. The Bertz CT molecular complexity index is 198. The van der Waals surface area contributed by atoms with Crippen molar-refractivity contribution < 1.29 is 9.53 Å². The lowest BCUT2D eigenvalue weighted by Crippen LogP contribution is -2.38. The number of ether oxygens (including phenoxy) is 1. The number of nitrogens with one attached hydrogen (secondary N) is 1. The van der Waals surface area contributed by atoms with E-state index in [2.05, 4.69) is 5.32 Å². The highest BCUT2D eigenvalue weighted by atomic mass is 16.6. The molecule has 3 N–H and O–H groups in total. The van der Waals surface area contributed by atoms with E-state index in [0.717, 1.165) is 19.5 Å². The van der Waals surface area contributed by atoms with Gasteiger partial charge in [-0.3, -0.25) is 0 Å². The monoisotopic (exact) mass is 200 g/mol. The Morgan fingerprint density at radius 3 is 2.86 bits per heavy atom. The molecule has 4 nitrogen and oxygen atoms in total. The van der Waals surface area contributed by atoms with E-state index in [4.69, 9.17) is 10.5 Å². The van der Waals surface area contributed by atoms with Crippen LogP contribution < -0.4 is 11.1 Å². The summed E-state index contributed by atoms with van der Waals surface area (Å²) in [5, 5.41) is 3.34. The van der Waals surface area contributed by atoms with Gasteiger partial charge in [0.15, 0.2) is 0 Å². The molecule has 0 aromatic rings. The predicted molar refractivity (Wildman–Crippen MR) is 55.0 cm³/mol. The van der Waals surface area contributed by atoms with Gasteiger partial charge in [-0.05, 0) is 52.1 Å². The highest BCUT2D eigenvalue weighted by molar-refractivity contribution is 5.65. The van der Waals surface area contributed by atoms with Gasteiger partial charge in [0.25, 0.3) is 0 Å². The zero-order valence-corrected chi connectivity index (χ0v) is 9.01. The lowest BCUT2D eigenvalue weighted by molar-refractivity contribution is 0.0236. The summed E-state index contributed by atoms with van der Waals surface area (Å²) in [6.07, 6.45) is 2.61. The molecule has 0 aliphatic carbocycles. The molecule has 82 valence electrons. The molecular weight excluding hydrogens is 180 g/mol. The first kappa shape index (κ1) is 11.3. The molecule has 0 aromatic carbocycles. The Morgan fingerprint density at radius 2 is 2.36 bits per heavy atom. The van der Waals surface area contributed by atoms with Crippen LogP contribution in [-0.4, -0.2) is 24.8 Å². The fourth-order valence-electron chi connectivity index (χ4n) is 2.11. The van der Waals surface area contributed by atoms with Gasteiger partial charge in [0.2, 0.25) is 0 Å². The third-order valence-corrected chi connectivity index (χ3v) is 2.56. The number of primary amides is 1. The van der Waals surface area contributed by atoms with Crippen LogP contribution in [-0.2, 0) is 4.74 Å². The zero-order chi connectivity index (χ0) is 10.6. The van der Waals surface area contributed by atoms with Crippen molar-refractivity contribution in [1.29, 1.82) is 0 Å². The Morgan fingerprint density at radius 1 is 1.64 bits per heavy atom. The molecule has 1 aliphatic rings. The van der Waals surface area contributed by atoms with Crippen LogP contribution in [0.3, 0.4) is 0 Å². The maximum absolute atomic E-state index is 10.6. The van der Waals surface area contributed by atoms with Gasteiger partial charge >= 0.3 is 6.09 Å². The topological polar surface area (TPSA) is 64.3 Å². The number of hydrogen-bond acceptors (Lipinski definition) is 3. The minimum Gasteiger partial charge on any atom is -0.444 e. The highest BCUT2D eigenvalue weighted by Crippen LogP contribution is 2.24. The van der Waals surface area contributed by atoms with E-state index in [0.29, 0.717) is 5.92 Å². The summed E-state index contributed by atoms with van der Waals surface area (Å²) in [7, 11) is 0. The van der Waals surface area contributed by atoms with E-state index in [1.54, 1.807) is 0 Å². The largest absolute Gasteiger partial charge is 0.444 e. The molecule has 1 rings (SSSR count). The van der Waals surface area contributed by atoms with Gasteiger partial charge in [0.1, 0.15) is 5.60 Å². The van der Waals surface area contributed by atoms with Gasteiger partial charge in [-0.15, -0.1) is 0 Å². The molecule has 1 aliphatic heterocycles. The van der Waals surface area contributed by atoms with Crippen LogP contribution in [0.5, 0.6) is 0 Å². The highest BCUT2D eigenvalue weighted by Gasteiger charge is 2.27. The van der Waals surface area contributed by atoms with E-state index in [-0.39, 0.29) is 0 Å². The number of carbonyl (C=O) groups excluding carboxylic acids is 1. The molecule has 0 radical (unpaired) electrons. The van der Waals surface area contributed by atoms with Crippen LogP contribution in [0.15, 0.2) is 0 Å². The van der Waals surface area contributed by atoms with Crippen molar-refractivity contribution in [2.24, 2.45) is 11.7 Å². The van der Waals surface area contributed by atoms with Crippen molar-refractivity contribution in [3.05, 3.63) is 0 Å². The standard InChI is InChI=1S/C10H20N2O2/c1-10(2,14-9(11)13)6-8-4-3-5-12-7-8/h8,12H,3-7H2,1-2H3,(H2,11,13). The second-order valence-corrected chi connectivity index (χ2v) is 4.60. The van der Waals surface area contributed by atoms with Crippen molar-refractivity contribution in [2.75, 3.05) is 13.1 Å². The molecule has 1 saturated heterocycles. The molecule has 0 saturated carbocycles. The van der Waals surface area contributed by atoms with E-state index in [9.17, 15) is 4.79 Å². The number of nitrogens with two attached hydrogens (primary N) is 1. The zero-order valence-electron chi connectivity index (χ0n) is 9.01. The summed E-state index contributed by atoms with van der Waals surface area (Å²) in [5.74, 6) is 0.595. The van der Waals surface area contributed by atoms with Gasteiger partial charge in [-0.2, -0.15) is 0 Å². The molecule has 0 spiro atoms. The van der Waals surface area contributed by atoms with Crippen molar-refractivity contribution in [3.8, 4) is 0 Å². The maximum atomic E-state index is 10.6. The second-order valence-electron chi connectivity index (χ2n) is 4.60. The van der Waals surface area contributed by atoms with Gasteiger partial charge in [0, 0.05) is 0 Å². The Labute approximate surface area is 85.2 Å². The Balaban J connectivity index is 2.36. The molecule has 1 fully saturated rings. The number of carbonyl (C=O) groups is 1. The third kappa shape index (κ3) is 3.96. The summed E-state index contributed by atoms with van der Waals surface area (Å²) in [6, 6.07) is 0. The van der Waals surface area contributed by atoms with E-state index in [1.165, 1.54) is 12.8 Å². The molecule has 4 heteroatoms. The second kappa shape index (κ2) is 4.64. The lowest BCUT2D eigenvalue weighted by Gasteiger charge is -2.31. The lowest BCUT2D eigenvalue weighted by atomic mass is 9.88. The summed E-state index contributed by atoms with van der Waals surface area (Å²) >= 11 is 0. The number of rotatable bonds is 3. The Hall–Kier alpha value is -0.770. The average molecular weight is 200 g/mol. The van der Waals surface area contributed by atoms with E-state index >= 15 is 0 Å². The van der Waals surface area contributed by atoms with Crippen LogP contribution in [0.2, 0.25) is 0 Å². The molecule has 1 heterocycles. The van der Waals surface area contributed by atoms with Crippen molar-refractivity contribution in [3.63, 3.8) is 0 Å². The van der Waals surface area contributed by atoms with Gasteiger partial charge < -0.3 is 15.8 Å². The van der Waals surface area contributed by atoms with Crippen molar-refractivity contribution >= 4 is 6.09 Å². The molecule has 1 amide bonds. The number of hydrogen-bond donors (Lipinski definition) is 2. The minimum atomic E-state index is -0.682. The summed E-state index contributed by atoms with van der Waals surface area (Å²) in [6.45, 7) is 5.94. The van der Waals surface area contributed by atoms with Crippen LogP contribution >= 0.6 is 0 Å². The fourth-order valence-corrected chi connectivity index (χ4v) is 2.11. The summed E-state index contributed by atoms with van der Waals surface area (Å²) < 4.78 is 5.05. The van der Waals surface area contributed by atoms with Gasteiger partial charge in [-0.25, -0.2) is 4.79 Å². The molecule has 0 aromatic heterocycles. The maximum Gasteiger partial charge on any atom is 0.405 e. The van der Waals surface area contributed by atoms with Crippen LogP contribution in [0, 0.1) is 5.92 Å². The quantitative estimate of drug-likeness (QED) is 0.720. The van der Waals surface area contributed by atoms with E-state index in [1.807, 2.05) is 13.8 Å². The van der Waals surface area contributed by atoms with Crippen LogP contribution in [0.4, 0.5) is 4.79 Å². The van der Waals surface area contributed by atoms with Gasteiger partial charge in [-0.1, -0.05) is 0 Å². The minimum absolute atomic E-state index is 0.435. The first-order chi connectivity index (χ1) is 6.49. The molecule has 1 atom stereocenters. The average Bonchev–Trinajstić information content (AvgIpc) is 2.02. The Kier molecular flexibility index (Phi) is 3.75. The first-order valence-electron chi connectivity index (χ1n) is 5.19. The SMILES string of the molecule is CC(C)(CC1CCCNC1)OC(N)=O. The molecule has 14 heavy (non-hydrogen) atoms. The third-order valence-electron chi connectivity index (χ3n) is 2.56. The smallest absolute Gasteiger partial charge is 0.405 e. The summed E-state index contributed by atoms with van der Waals surface area (Å²) in [4.78, 5) is 10.6. The number of amides is 1. The predicted octanol–water partition coefficient (Wildman–Crippen LogP) is 1.25. The normalized spacial score (nSPS) is 23.1. The molecule has 0 bridgehead atoms. The first-order valence-corrected chi connectivity index (χ1v) is 5.19. The molecular formula is C10H20N2O2.